The summed E-state index contributed by atoms with van der Waals surface area (Å²) in [6.07, 6.45) is 0. The van der Waals surface area contributed by atoms with Gasteiger partial charge in [0.15, 0.2) is 0 Å². The van der Waals surface area contributed by atoms with E-state index >= 15 is 0 Å². The van der Waals surface area contributed by atoms with Crippen LogP contribution in [0.25, 0.3) is 10.9 Å². The van der Waals surface area contributed by atoms with Crippen molar-refractivity contribution in [3.8, 4) is 0 Å². The number of benzene rings is 1. The molecule has 0 fully saturated rings. The Balaban J connectivity index is 1.77. The molecule has 0 aliphatic rings. The molecule has 28 heavy (non-hydrogen) atoms. The number of nitrogens with two attached hydrogens (primary N) is 1. The lowest BCUT2D eigenvalue weighted by Gasteiger charge is -2.26. The van der Waals surface area contributed by atoms with Crippen molar-refractivity contribution in [3.63, 3.8) is 0 Å². The van der Waals surface area contributed by atoms with Crippen LogP contribution >= 0.6 is 11.3 Å². The van der Waals surface area contributed by atoms with Crippen molar-refractivity contribution in [2.45, 2.75) is 26.4 Å². The Morgan fingerprint density at radius 1 is 1.32 bits per heavy atom. The number of amides is 2. The molecule has 0 saturated carbocycles. The van der Waals surface area contributed by atoms with Crippen LogP contribution in [0, 0.1) is 0 Å². The lowest BCUT2D eigenvalue weighted by molar-refractivity contribution is -0.120. The number of likely N-dealkylation sites (N-methyl/N-ethyl adjacent to an activating group) is 1. The second-order valence-corrected chi connectivity index (χ2v) is 7.20. The molecule has 0 aliphatic carbocycles. The maximum Gasteiger partial charge on any atom is 0.258 e. The summed E-state index contributed by atoms with van der Waals surface area (Å²) in [5.74, 6) is -0.372. The smallest absolute Gasteiger partial charge is 0.258 e. The van der Waals surface area contributed by atoms with E-state index in [9.17, 15) is 14.4 Å². The van der Waals surface area contributed by atoms with E-state index in [1.54, 1.807) is 36.6 Å². The van der Waals surface area contributed by atoms with Crippen LogP contribution in [0.4, 0.5) is 5.00 Å². The largest absolute Gasteiger partial charge is 0.366 e. The van der Waals surface area contributed by atoms with Gasteiger partial charge in [-0.15, -0.1) is 11.3 Å². The van der Waals surface area contributed by atoms with E-state index in [2.05, 4.69) is 15.3 Å². The lowest BCUT2D eigenvalue weighted by Crippen LogP contribution is -2.42. The highest BCUT2D eigenvalue weighted by molar-refractivity contribution is 7.14. The Morgan fingerprint density at radius 3 is 2.79 bits per heavy atom. The maximum absolute atomic E-state index is 12.7. The van der Waals surface area contributed by atoms with Gasteiger partial charge in [0, 0.05) is 0 Å². The number of hydrogen-bond acceptors (Lipinski definition) is 6. The van der Waals surface area contributed by atoms with Crippen molar-refractivity contribution in [1.82, 2.24) is 14.9 Å². The van der Waals surface area contributed by atoms with Crippen LogP contribution in [0.3, 0.4) is 0 Å². The van der Waals surface area contributed by atoms with Crippen LogP contribution in [-0.2, 0) is 11.3 Å². The van der Waals surface area contributed by atoms with Gasteiger partial charge in [0.05, 0.1) is 29.1 Å². The zero-order valence-electron chi connectivity index (χ0n) is 15.6. The molecule has 3 aromatic rings. The topological polar surface area (TPSA) is 121 Å². The molecular weight excluding hydrogens is 378 g/mol. The fourth-order valence-corrected chi connectivity index (χ4v) is 3.70. The summed E-state index contributed by atoms with van der Waals surface area (Å²) in [6.45, 7) is 4.55. The van der Waals surface area contributed by atoms with Gasteiger partial charge in [-0.2, -0.15) is 0 Å². The van der Waals surface area contributed by atoms with E-state index in [0.29, 0.717) is 34.8 Å². The third kappa shape index (κ3) is 4.10. The lowest BCUT2D eigenvalue weighted by atomic mass is 10.2. The molecule has 1 aromatic carbocycles. The Hall–Kier alpha value is -3.04. The number of nitrogens with zero attached hydrogens (tertiary/aromatic N) is 2. The Bertz CT molecular complexity index is 1070. The molecule has 1 unspecified atom stereocenters. The van der Waals surface area contributed by atoms with Gasteiger partial charge in [-0.05, 0) is 37.0 Å². The standard InChI is InChI=1S/C19H21N5O3S/c1-3-24(10-15-21-14-7-5-4-6-12(14)18(27)22-15)11(2)17(26)23-19-13(16(20)25)8-9-28-19/h4-9,11H,3,10H2,1-2H3,(H2,20,25)(H,23,26)(H,21,22,27). The van der Waals surface area contributed by atoms with Crippen LogP contribution in [-0.4, -0.2) is 39.3 Å². The minimum Gasteiger partial charge on any atom is -0.366 e. The van der Waals surface area contributed by atoms with Crippen molar-refractivity contribution >= 4 is 39.1 Å². The Morgan fingerprint density at radius 2 is 2.07 bits per heavy atom. The van der Waals surface area contributed by atoms with Gasteiger partial charge >= 0.3 is 0 Å². The number of rotatable bonds is 7. The summed E-state index contributed by atoms with van der Waals surface area (Å²) < 4.78 is 0. The van der Waals surface area contributed by atoms with E-state index in [4.69, 9.17) is 5.73 Å². The number of aromatic amines is 1. The minimum absolute atomic E-state index is 0.210. The molecule has 0 radical (unpaired) electrons. The van der Waals surface area contributed by atoms with Gasteiger partial charge < -0.3 is 16.0 Å². The number of carbonyl (C=O) groups excluding carboxylic acids is 2. The van der Waals surface area contributed by atoms with Crippen LogP contribution in [0.5, 0.6) is 0 Å². The second-order valence-electron chi connectivity index (χ2n) is 6.29. The molecule has 146 valence electrons. The fourth-order valence-electron chi connectivity index (χ4n) is 2.91. The SMILES string of the molecule is CCN(Cc1nc2ccccc2c(=O)[nH]1)C(C)C(=O)Nc1sccc1C(N)=O. The first-order valence-electron chi connectivity index (χ1n) is 8.80. The Kier molecular flexibility index (Phi) is 5.86. The predicted octanol–water partition coefficient (Wildman–Crippen LogP) is 1.93. The van der Waals surface area contributed by atoms with Gasteiger partial charge in [0.25, 0.3) is 11.5 Å². The van der Waals surface area contributed by atoms with E-state index in [-0.39, 0.29) is 17.0 Å². The molecular formula is C19H21N5O3S. The normalized spacial score (nSPS) is 12.2. The van der Waals surface area contributed by atoms with Crippen molar-refractivity contribution in [1.29, 1.82) is 0 Å². The number of nitrogens with one attached hydrogen (secondary N) is 2. The average Bonchev–Trinajstić information content (AvgIpc) is 3.14. The predicted molar refractivity (Wildman–Crippen MR) is 109 cm³/mol. The van der Waals surface area contributed by atoms with Gasteiger partial charge in [-0.1, -0.05) is 19.1 Å². The summed E-state index contributed by atoms with van der Waals surface area (Å²) in [5, 5.41) is 5.41. The van der Waals surface area contributed by atoms with E-state index in [1.807, 2.05) is 17.9 Å². The van der Waals surface area contributed by atoms with E-state index in [1.165, 1.54) is 11.3 Å². The number of fused-ring (bicyclic) bond motifs is 1. The molecule has 9 heteroatoms. The van der Waals surface area contributed by atoms with Crippen molar-refractivity contribution in [3.05, 3.63) is 57.5 Å². The number of para-hydroxylation sites is 1. The number of hydrogen-bond donors (Lipinski definition) is 3. The van der Waals surface area contributed by atoms with Crippen molar-refractivity contribution < 1.29 is 9.59 Å². The first kappa shape index (κ1) is 19.7. The summed E-state index contributed by atoms with van der Waals surface area (Å²) >= 11 is 1.24. The molecule has 0 saturated heterocycles. The molecule has 8 nitrogen and oxygen atoms in total. The number of primary amides is 1. The van der Waals surface area contributed by atoms with Gasteiger partial charge in [-0.25, -0.2) is 4.98 Å². The zero-order valence-corrected chi connectivity index (χ0v) is 16.4. The first-order chi connectivity index (χ1) is 13.4. The number of H-pyrrole nitrogens is 1. The molecule has 1 atom stereocenters. The number of thiophene rings is 1. The molecule has 2 amide bonds. The molecule has 2 heterocycles. The highest BCUT2D eigenvalue weighted by Gasteiger charge is 2.23. The molecule has 0 aliphatic heterocycles. The first-order valence-corrected chi connectivity index (χ1v) is 9.68. The number of carbonyl (C=O) groups is 2. The van der Waals surface area contributed by atoms with Crippen LogP contribution in [0.15, 0.2) is 40.5 Å². The molecule has 0 spiro atoms. The van der Waals surface area contributed by atoms with Crippen LogP contribution in [0.2, 0.25) is 0 Å². The third-order valence-corrected chi connectivity index (χ3v) is 5.35. The molecule has 4 N–H and O–H groups in total. The van der Waals surface area contributed by atoms with Gasteiger partial charge in [-0.3, -0.25) is 19.3 Å². The summed E-state index contributed by atoms with van der Waals surface area (Å²) in [6, 6.07) is 8.18. The highest BCUT2D eigenvalue weighted by atomic mass is 32.1. The number of anilines is 1. The van der Waals surface area contributed by atoms with Crippen molar-refractivity contribution in [2.75, 3.05) is 11.9 Å². The molecule has 2 aromatic heterocycles. The monoisotopic (exact) mass is 399 g/mol. The quantitative estimate of drug-likeness (QED) is 0.560. The summed E-state index contributed by atoms with van der Waals surface area (Å²) in [7, 11) is 0. The van der Waals surface area contributed by atoms with E-state index < -0.39 is 11.9 Å². The van der Waals surface area contributed by atoms with Gasteiger partial charge in [0.1, 0.15) is 10.8 Å². The summed E-state index contributed by atoms with van der Waals surface area (Å²) in [5.41, 5.74) is 6.01. The van der Waals surface area contributed by atoms with Crippen LogP contribution in [0.1, 0.15) is 30.0 Å². The Labute approximate surface area is 165 Å². The maximum atomic E-state index is 12.7. The molecule has 3 rings (SSSR count). The minimum atomic E-state index is -0.588. The molecule has 0 bridgehead atoms. The van der Waals surface area contributed by atoms with Gasteiger partial charge in [0.2, 0.25) is 5.91 Å². The highest BCUT2D eigenvalue weighted by Crippen LogP contribution is 2.23. The van der Waals surface area contributed by atoms with E-state index in [0.717, 1.165) is 0 Å². The van der Waals surface area contributed by atoms with Crippen LogP contribution < -0.4 is 16.6 Å². The fraction of sp³-hybridized carbons (Fsp3) is 0.263. The third-order valence-electron chi connectivity index (χ3n) is 4.52. The zero-order chi connectivity index (χ0) is 20.3. The summed E-state index contributed by atoms with van der Waals surface area (Å²) in [4.78, 5) is 45.5. The average molecular weight is 399 g/mol. The van der Waals surface area contributed by atoms with Crippen molar-refractivity contribution in [2.24, 2.45) is 5.73 Å². The second kappa shape index (κ2) is 8.32. The number of aromatic nitrogens is 2.